The van der Waals surface area contributed by atoms with E-state index >= 15 is 0 Å². The van der Waals surface area contributed by atoms with Gasteiger partial charge < -0.3 is 15.0 Å². The molecule has 3 rings (SSSR count). The van der Waals surface area contributed by atoms with E-state index in [1.165, 1.54) is 11.5 Å². The van der Waals surface area contributed by atoms with E-state index in [0.717, 1.165) is 42.5 Å². The van der Waals surface area contributed by atoms with Gasteiger partial charge in [-0.1, -0.05) is 30.3 Å². The standard InChI is InChI=1S/C16H20N4O2S/c1-2-22-16(21)17-13-9-6-10-20(11-13)15-18-14(19-23-15)12-7-4-3-5-8-12/h3-5,7-8,13H,2,6,9-11H2,1H3,(H,17,21). The fourth-order valence-corrected chi connectivity index (χ4v) is 3.38. The average Bonchev–Trinajstić information content (AvgIpc) is 3.06. The number of piperidine rings is 1. The largest absolute Gasteiger partial charge is 0.450 e. The van der Waals surface area contributed by atoms with Gasteiger partial charge in [0.25, 0.3) is 0 Å². The van der Waals surface area contributed by atoms with E-state index < -0.39 is 0 Å². The summed E-state index contributed by atoms with van der Waals surface area (Å²) in [5, 5.41) is 3.81. The van der Waals surface area contributed by atoms with Crippen LogP contribution in [0, 0.1) is 0 Å². The zero-order valence-corrected chi connectivity index (χ0v) is 13.9. The minimum atomic E-state index is -0.346. The Bertz CT molecular complexity index is 647. The minimum absolute atomic E-state index is 0.0897. The first-order valence-corrected chi connectivity index (χ1v) is 8.61. The first-order valence-electron chi connectivity index (χ1n) is 7.83. The Kier molecular flexibility index (Phi) is 5.07. The van der Waals surface area contributed by atoms with E-state index in [2.05, 4.69) is 19.6 Å². The van der Waals surface area contributed by atoms with E-state index in [0.29, 0.717) is 6.61 Å². The summed E-state index contributed by atoms with van der Waals surface area (Å²) >= 11 is 1.40. The number of ether oxygens (including phenoxy) is 1. The molecule has 0 saturated carbocycles. The van der Waals surface area contributed by atoms with Gasteiger partial charge in [-0.05, 0) is 19.8 Å². The van der Waals surface area contributed by atoms with Crippen LogP contribution in [-0.4, -0.2) is 41.2 Å². The fraction of sp³-hybridized carbons (Fsp3) is 0.438. The van der Waals surface area contributed by atoms with Crippen LogP contribution in [0.3, 0.4) is 0 Å². The third-order valence-corrected chi connectivity index (χ3v) is 4.51. The number of anilines is 1. The molecule has 0 aliphatic carbocycles. The second-order valence-electron chi connectivity index (χ2n) is 5.42. The van der Waals surface area contributed by atoms with Crippen molar-refractivity contribution >= 4 is 22.8 Å². The predicted molar refractivity (Wildman–Crippen MR) is 90.7 cm³/mol. The highest BCUT2D eigenvalue weighted by Crippen LogP contribution is 2.26. The average molecular weight is 332 g/mol. The molecule has 0 radical (unpaired) electrons. The number of aromatic nitrogens is 2. The molecule has 1 aliphatic heterocycles. The maximum Gasteiger partial charge on any atom is 0.407 e. The lowest BCUT2D eigenvalue weighted by Gasteiger charge is -2.32. The first kappa shape index (κ1) is 15.7. The van der Waals surface area contributed by atoms with Crippen molar-refractivity contribution in [1.82, 2.24) is 14.7 Å². The van der Waals surface area contributed by atoms with E-state index in [1.54, 1.807) is 6.92 Å². The molecule has 1 N–H and O–H groups in total. The molecule has 1 fully saturated rings. The Morgan fingerprint density at radius 3 is 3.04 bits per heavy atom. The Balaban J connectivity index is 1.65. The molecule has 1 aromatic heterocycles. The summed E-state index contributed by atoms with van der Waals surface area (Å²) in [7, 11) is 0. The monoisotopic (exact) mass is 332 g/mol. The topological polar surface area (TPSA) is 67.3 Å². The summed E-state index contributed by atoms with van der Waals surface area (Å²) < 4.78 is 9.41. The van der Waals surface area contributed by atoms with E-state index in [1.807, 2.05) is 30.3 Å². The van der Waals surface area contributed by atoms with Crippen molar-refractivity contribution in [1.29, 1.82) is 0 Å². The number of benzene rings is 1. The smallest absolute Gasteiger partial charge is 0.407 e. The van der Waals surface area contributed by atoms with E-state index in [9.17, 15) is 4.79 Å². The molecule has 1 atom stereocenters. The van der Waals surface area contributed by atoms with E-state index in [4.69, 9.17) is 4.74 Å². The molecule has 1 amide bonds. The normalized spacial score (nSPS) is 17.8. The molecule has 1 saturated heterocycles. The van der Waals surface area contributed by atoms with Gasteiger partial charge in [-0.3, -0.25) is 0 Å². The van der Waals surface area contributed by atoms with Crippen LogP contribution >= 0.6 is 11.5 Å². The van der Waals surface area contributed by atoms with Crippen LogP contribution in [0.15, 0.2) is 30.3 Å². The third-order valence-electron chi connectivity index (χ3n) is 3.74. The highest BCUT2D eigenvalue weighted by atomic mass is 32.1. The first-order chi connectivity index (χ1) is 11.3. The lowest BCUT2D eigenvalue weighted by molar-refractivity contribution is 0.146. The number of nitrogens with zero attached hydrogens (tertiary/aromatic N) is 3. The summed E-state index contributed by atoms with van der Waals surface area (Å²) in [6.07, 6.45) is 1.62. The van der Waals surface area contributed by atoms with Crippen molar-refractivity contribution in [3.05, 3.63) is 30.3 Å². The van der Waals surface area contributed by atoms with Crippen molar-refractivity contribution in [2.45, 2.75) is 25.8 Å². The molecular formula is C16H20N4O2S. The quantitative estimate of drug-likeness (QED) is 0.932. The highest BCUT2D eigenvalue weighted by Gasteiger charge is 2.24. The van der Waals surface area contributed by atoms with Crippen LogP contribution in [0.5, 0.6) is 0 Å². The number of hydrogen-bond acceptors (Lipinski definition) is 6. The van der Waals surface area contributed by atoms with Gasteiger partial charge in [0.1, 0.15) is 0 Å². The van der Waals surface area contributed by atoms with Gasteiger partial charge in [-0.15, -0.1) is 0 Å². The number of carbonyl (C=O) groups excluding carboxylic acids is 1. The maximum atomic E-state index is 11.6. The van der Waals surface area contributed by atoms with Crippen molar-refractivity contribution in [2.24, 2.45) is 0 Å². The summed E-state index contributed by atoms with van der Waals surface area (Å²) in [4.78, 5) is 18.4. The molecule has 122 valence electrons. The molecule has 1 aromatic carbocycles. The maximum absolute atomic E-state index is 11.6. The van der Waals surface area contributed by atoms with Gasteiger partial charge in [0.15, 0.2) is 5.82 Å². The molecule has 2 heterocycles. The molecule has 0 bridgehead atoms. The van der Waals surface area contributed by atoms with E-state index in [-0.39, 0.29) is 12.1 Å². The summed E-state index contributed by atoms with van der Waals surface area (Å²) in [6.45, 7) is 3.87. The SMILES string of the molecule is CCOC(=O)NC1CCCN(c2nc(-c3ccccc3)ns2)C1. The van der Waals surface area contributed by atoms with Gasteiger partial charge >= 0.3 is 6.09 Å². The fourth-order valence-electron chi connectivity index (χ4n) is 2.66. The van der Waals surface area contributed by atoms with Gasteiger partial charge in [0, 0.05) is 36.2 Å². The second kappa shape index (κ2) is 7.41. The molecular weight excluding hydrogens is 312 g/mol. The predicted octanol–water partition coefficient (Wildman–Crippen LogP) is 2.92. The van der Waals surface area contributed by atoms with Crippen LogP contribution < -0.4 is 10.2 Å². The Morgan fingerprint density at radius 1 is 1.43 bits per heavy atom. The highest BCUT2D eigenvalue weighted by molar-refractivity contribution is 7.09. The van der Waals surface area contributed by atoms with Crippen molar-refractivity contribution in [3.8, 4) is 11.4 Å². The minimum Gasteiger partial charge on any atom is -0.450 e. The van der Waals surface area contributed by atoms with Crippen LogP contribution in [0.25, 0.3) is 11.4 Å². The Morgan fingerprint density at radius 2 is 2.26 bits per heavy atom. The van der Waals surface area contributed by atoms with Crippen LogP contribution in [0.4, 0.5) is 9.93 Å². The zero-order chi connectivity index (χ0) is 16.1. The molecule has 7 heteroatoms. The number of amides is 1. The van der Waals surface area contributed by atoms with Crippen molar-refractivity contribution in [2.75, 3.05) is 24.6 Å². The number of carbonyl (C=O) groups is 1. The van der Waals surface area contributed by atoms with Crippen molar-refractivity contribution < 1.29 is 9.53 Å². The van der Waals surface area contributed by atoms with Crippen LogP contribution in [-0.2, 0) is 4.74 Å². The third kappa shape index (κ3) is 3.98. The van der Waals surface area contributed by atoms with Gasteiger partial charge in [-0.25, -0.2) is 4.79 Å². The molecule has 0 spiro atoms. The number of rotatable bonds is 4. The molecule has 1 aliphatic rings. The van der Waals surface area contributed by atoms with Crippen LogP contribution in [0.2, 0.25) is 0 Å². The van der Waals surface area contributed by atoms with Gasteiger partial charge in [0.05, 0.1) is 6.61 Å². The lowest BCUT2D eigenvalue weighted by atomic mass is 10.1. The number of hydrogen-bond donors (Lipinski definition) is 1. The van der Waals surface area contributed by atoms with Crippen LogP contribution in [0.1, 0.15) is 19.8 Å². The van der Waals surface area contributed by atoms with Gasteiger partial charge in [0.2, 0.25) is 5.13 Å². The number of nitrogens with one attached hydrogen (secondary N) is 1. The molecule has 2 aromatic rings. The second-order valence-corrected chi connectivity index (χ2v) is 6.15. The molecule has 1 unspecified atom stereocenters. The summed E-state index contributed by atoms with van der Waals surface area (Å²) in [6, 6.07) is 10.0. The number of alkyl carbamates (subject to hydrolysis) is 1. The Hall–Kier alpha value is -2.15. The zero-order valence-electron chi connectivity index (χ0n) is 13.1. The Labute approximate surface area is 139 Å². The lowest BCUT2D eigenvalue weighted by Crippen LogP contribution is -2.48. The summed E-state index contributed by atoms with van der Waals surface area (Å²) in [5.41, 5.74) is 1.02. The molecule has 6 nitrogen and oxygen atoms in total. The summed E-state index contributed by atoms with van der Waals surface area (Å²) in [5.74, 6) is 0.756. The van der Waals surface area contributed by atoms with Gasteiger partial charge in [-0.2, -0.15) is 9.36 Å². The van der Waals surface area contributed by atoms with Crippen molar-refractivity contribution in [3.63, 3.8) is 0 Å². The molecule has 23 heavy (non-hydrogen) atoms.